The third-order valence-electron chi connectivity index (χ3n) is 2.80. The summed E-state index contributed by atoms with van der Waals surface area (Å²) in [5.41, 5.74) is 2.35. The second kappa shape index (κ2) is 7.97. The van der Waals surface area contributed by atoms with Crippen molar-refractivity contribution in [3.8, 4) is 0 Å². The number of rotatable bonds is 6. The average Bonchev–Trinajstić information content (AvgIpc) is 2.64. The maximum absolute atomic E-state index is 11.8. The lowest BCUT2D eigenvalue weighted by atomic mass is 10.3. The Morgan fingerprint density at radius 1 is 1.43 bits per heavy atom. The fraction of sp³-hybridized carbons (Fsp3) is 0.500. The lowest BCUT2D eigenvalue weighted by Crippen LogP contribution is -2.24. The molecule has 1 rings (SSSR count). The Labute approximate surface area is 132 Å². The molecule has 0 aliphatic rings. The fourth-order valence-electron chi connectivity index (χ4n) is 1.78. The van der Waals surface area contributed by atoms with Crippen LogP contribution in [0.5, 0.6) is 0 Å². The minimum Gasteiger partial charge on any atom is -0.463 e. The Hall–Kier alpha value is -1.63. The Bertz CT molecular complexity index is 564. The summed E-state index contributed by atoms with van der Waals surface area (Å²) in [6, 6.07) is 0. The van der Waals surface area contributed by atoms with Crippen LogP contribution in [0.25, 0.3) is 0 Å². The number of carbonyl (C=O) groups is 2. The Kier molecular flexibility index (Phi) is 6.61. The minimum atomic E-state index is -0.460. The molecular weight excluding hydrogens is 338 g/mol. The molecule has 0 fully saturated rings. The molecule has 1 aromatic rings. The summed E-state index contributed by atoms with van der Waals surface area (Å²) in [5.74, 6) is -0.630. The predicted octanol–water partition coefficient (Wildman–Crippen LogP) is 2.24. The smallest absolute Gasteiger partial charge is 0.332 e. The Morgan fingerprint density at radius 3 is 2.62 bits per heavy atom. The van der Waals surface area contributed by atoms with Crippen LogP contribution in [-0.4, -0.2) is 28.3 Å². The van der Waals surface area contributed by atoms with Crippen molar-refractivity contribution >= 4 is 27.8 Å². The molecule has 0 saturated heterocycles. The second-order valence-corrected chi connectivity index (χ2v) is 5.38. The molecule has 0 aliphatic heterocycles. The van der Waals surface area contributed by atoms with Crippen LogP contribution in [0.15, 0.2) is 16.2 Å². The van der Waals surface area contributed by atoms with E-state index < -0.39 is 5.97 Å². The van der Waals surface area contributed by atoms with Crippen molar-refractivity contribution in [2.24, 2.45) is 0 Å². The molecule has 0 saturated carbocycles. The van der Waals surface area contributed by atoms with E-state index in [2.05, 4.69) is 26.3 Å². The van der Waals surface area contributed by atoms with Gasteiger partial charge in [0, 0.05) is 23.9 Å². The Morgan fingerprint density at radius 2 is 2.10 bits per heavy atom. The first-order valence-electron chi connectivity index (χ1n) is 6.69. The van der Waals surface area contributed by atoms with Crippen LogP contribution in [0.3, 0.4) is 0 Å². The van der Waals surface area contributed by atoms with Crippen molar-refractivity contribution in [2.75, 3.05) is 6.61 Å². The molecule has 7 heteroatoms. The summed E-state index contributed by atoms with van der Waals surface area (Å²) >= 11 is 3.44. The van der Waals surface area contributed by atoms with Gasteiger partial charge in [0.1, 0.15) is 0 Å². The van der Waals surface area contributed by atoms with Crippen molar-refractivity contribution in [3.05, 3.63) is 27.6 Å². The number of carbonyl (C=O) groups excluding carboxylic acids is 2. The molecule has 116 valence electrons. The number of nitrogens with one attached hydrogen (secondary N) is 1. The SMILES string of the molecule is CCOC(=O)/C=C(\C)NC(=O)CCn1nc(C)c(Br)c1C. The molecule has 0 spiro atoms. The van der Waals surface area contributed by atoms with Gasteiger partial charge >= 0.3 is 5.97 Å². The van der Waals surface area contributed by atoms with Gasteiger partial charge in [0.15, 0.2) is 0 Å². The molecule has 0 atom stereocenters. The second-order valence-electron chi connectivity index (χ2n) is 4.59. The van der Waals surface area contributed by atoms with Gasteiger partial charge in [-0.25, -0.2) is 4.79 Å². The van der Waals surface area contributed by atoms with Gasteiger partial charge in [0.25, 0.3) is 0 Å². The van der Waals surface area contributed by atoms with Crippen LogP contribution >= 0.6 is 15.9 Å². The van der Waals surface area contributed by atoms with Gasteiger partial charge in [0.2, 0.25) is 5.91 Å². The molecule has 0 aliphatic carbocycles. The molecular formula is C14H20BrN3O3. The number of allylic oxidation sites excluding steroid dienone is 1. The van der Waals surface area contributed by atoms with E-state index in [9.17, 15) is 9.59 Å². The summed E-state index contributed by atoms with van der Waals surface area (Å²) in [4.78, 5) is 23.0. The number of amides is 1. The quantitative estimate of drug-likeness (QED) is 0.625. The normalized spacial score (nSPS) is 11.4. The number of halogens is 1. The van der Waals surface area contributed by atoms with Crippen molar-refractivity contribution in [1.82, 2.24) is 15.1 Å². The van der Waals surface area contributed by atoms with Gasteiger partial charge in [-0.3, -0.25) is 9.48 Å². The number of aromatic nitrogens is 2. The molecule has 0 aromatic carbocycles. The van der Waals surface area contributed by atoms with E-state index in [0.717, 1.165) is 15.9 Å². The lowest BCUT2D eigenvalue weighted by molar-refractivity contribution is -0.137. The minimum absolute atomic E-state index is 0.170. The summed E-state index contributed by atoms with van der Waals surface area (Å²) in [7, 11) is 0. The van der Waals surface area contributed by atoms with E-state index >= 15 is 0 Å². The summed E-state index contributed by atoms with van der Waals surface area (Å²) in [5, 5.41) is 6.98. The van der Waals surface area contributed by atoms with Gasteiger partial charge in [-0.2, -0.15) is 5.10 Å². The average molecular weight is 358 g/mol. The maximum atomic E-state index is 11.8. The van der Waals surface area contributed by atoms with Crippen LogP contribution < -0.4 is 5.32 Å². The largest absolute Gasteiger partial charge is 0.463 e. The number of esters is 1. The number of hydrogen-bond donors (Lipinski definition) is 1. The molecule has 0 unspecified atom stereocenters. The first kappa shape index (κ1) is 17.4. The molecule has 1 heterocycles. The van der Waals surface area contributed by atoms with Gasteiger partial charge < -0.3 is 10.1 Å². The Balaban J connectivity index is 2.51. The van der Waals surface area contributed by atoms with Crippen molar-refractivity contribution < 1.29 is 14.3 Å². The molecule has 0 radical (unpaired) electrons. The highest BCUT2D eigenvalue weighted by atomic mass is 79.9. The molecule has 0 bridgehead atoms. The number of hydrogen-bond acceptors (Lipinski definition) is 4. The van der Waals surface area contributed by atoms with Gasteiger partial charge in [-0.1, -0.05) is 0 Å². The molecule has 21 heavy (non-hydrogen) atoms. The van der Waals surface area contributed by atoms with E-state index in [4.69, 9.17) is 4.74 Å². The maximum Gasteiger partial charge on any atom is 0.332 e. The van der Waals surface area contributed by atoms with Crippen molar-refractivity contribution in [2.45, 2.75) is 40.7 Å². The van der Waals surface area contributed by atoms with Crippen LogP contribution in [0.1, 0.15) is 31.7 Å². The summed E-state index contributed by atoms with van der Waals surface area (Å²) in [6.07, 6.45) is 1.55. The number of ether oxygens (including phenoxy) is 1. The van der Waals surface area contributed by atoms with Crippen molar-refractivity contribution in [1.29, 1.82) is 0 Å². The highest BCUT2D eigenvalue weighted by molar-refractivity contribution is 9.10. The van der Waals surface area contributed by atoms with E-state index in [-0.39, 0.29) is 12.3 Å². The predicted molar refractivity (Wildman–Crippen MR) is 82.6 cm³/mol. The third-order valence-corrected chi connectivity index (χ3v) is 3.95. The van der Waals surface area contributed by atoms with Crippen LogP contribution in [0.2, 0.25) is 0 Å². The van der Waals surface area contributed by atoms with Crippen LogP contribution in [0.4, 0.5) is 0 Å². The van der Waals surface area contributed by atoms with Gasteiger partial charge in [-0.05, 0) is 43.6 Å². The summed E-state index contributed by atoms with van der Waals surface area (Å²) < 4.78 is 7.51. The third kappa shape index (κ3) is 5.34. The van der Waals surface area contributed by atoms with E-state index in [0.29, 0.717) is 18.8 Å². The van der Waals surface area contributed by atoms with Crippen LogP contribution in [-0.2, 0) is 20.9 Å². The number of nitrogens with zero attached hydrogens (tertiary/aromatic N) is 2. The van der Waals surface area contributed by atoms with E-state index in [1.165, 1.54) is 6.08 Å². The topological polar surface area (TPSA) is 73.2 Å². The van der Waals surface area contributed by atoms with E-state index in [1.54, 1.807) is 18.5 Å². The van der Waals surface area contributed by atoms with Gasteiger partial charge in [0.05, 0.1) is 23.3 Å². The zero-order chi connectivity index (χ0) is 16.0. The highest BCUT2D eigenvalue weighted by Gasteiger charge is 2.10. The summed E-state index contributed by atoms with van der Waals surface area (Å²) in [6.45, 7) is 8.01. The standard InChI is InChI=1S/C14H20BrN3O3/c1-5-21-13(20)8-9(2)16-12(19)6-7-18-11(4)14(15)10(3)17-18/h8H,5-7H2,1-4H3,(H,16,19)/b9-8+. The zero-order valence-electron chi connectivity index (χ0n) is 12.7. The molecule has 1 amide bonds. The molecule has 6 nitrogen and oxygen atoms in total. The van der Waals surface area contributed by atoms with Gasteiger partial charge in [-0.15, -0.1) is 0 Å². The van der Waals surface area contributed by atoms with Crippen LogP contribution in [0, 0.1) is 13.8 Å². The molecule has 1 N–H and O–H groups in total. The first-order chi connectivity index (χ1) is 9.85. The van der Waals surface area contributed by atoms with E-state index in [1.807, 2.05) is 13.8 Å². The lowest BCUT2D eigenvalue weighted by Gasteiger charge is -2.07. The monoisotopic (exact) mass is 357 g/mol. The number of aryl methyl sites for hydroxylation is 2. The first-order valence-corrected chi connectivity index (χ1v) is 7.48. The zero-order valence-corrected chi connectivity index (χ0v) is 14.3. The van der Waals surface area contributed by atoms with Crippen molar-refractivity contribution in [3.63, 3.8) is 0 Å². The fourth-order valence-corrected chi connectivity index (χ4v) is 2.06. The highest BCUT2D eigenvalue weighted by Crippen LogP contribution is 2.19. The molecule has 1 aromatic heterocycles.